The third-order valence-electron chi connectivity index (χ3n) is 3.40. The van der Waals surface area contributed by atoms with Crippen molar-refractivity contribution in [3.8, 4) is 6.07 Å². The largest absolute Gasteiger partial charge is 0.345 e. The molecule has 110 valence electrons. The maximum atomic E-state index is 13.6. The van der Waals surface area contributed by atoms with Crippen molar-refractivity contribution in [1.82, 2.24) is 10.2 Å². The van der Waals surface area contributed by atoms with E-state index in [9.17, 15) is 18.4 Å². The van der Waals surface area contributed by atoms with E-state index in [4.69, 9.17) is 5.26 Å². The van der Waals surface area contributed by atoms with E-state index in [1.165, 1.54) is 4.90 Å². The smallest absolute Gasteiger partial charge is 0.226 e. The zero-order valence-corrected chi connectivity index (χ0v) is 11.3. The predicted octanol–water partition coefficient (Wildman–Crippen LogP) is 1.12. The molecule has 0 saturated carbocycles. The number of halogens is 2. The SMILES string of the molecule is CN1CC(C(=O)NC(C#N)c2ccc(F)cc2F)CC1=O. The Hall–Kier alpha value is -2.49. The Balaban J connectivity index is 2.11. The van der Waals surface area contributed by atoms with Gasteiger partial charge in [-0.1, -0.05) is 6.07 Å². The number of hydrogen-bond donors (Lipinski definition) is 1. The maximum absolute atomic E-state index is 13.6. The second-order valence-electron chi connectivity index (χ2n) is 4.91. The Kier molecular flexibility index (Phi) is 4.17. The molecular formula is C14H13F2N3O2. The molecule has 2 unspecified atom stereocenters. The second-order valence-corrected chi connectivity index (χ2v) is 4.91. The molecule has 1 saturated heterocycles. The standard InChI is InChI=1S/C14H13F2N3O2/c1-19-7-8(4-13(19)20)14(21)18-12(6-17)10-3-2-9(15)5-11(10)16/h2-3,5,8,12H,4,7H2,1H3,(H,18,21). The van der Waals surface area contributed by atoms with E-state index in [1.807, 2.05) is 0 Å². The van der Waals surface area contributed by atoms with Crippen LogP contribution in [-0.2, 0) is 9.59 Å². The molecule has 1 aliphatic heterocycles. The summed E-state index contributed by atoms with van der Waals surface area (Å²) >= 11 is 0. The van der Waals surface area contributed by atoms with Gasteiger partial charge in [0.25, 0.3) is 0 Å². The first-order valence-electron chi connectivity index (χ1n) is 6.31. The van der Waals surface area contributed by atoms with Gasteiger partial charge in [0.15, 0.2) is 0 Å². The van der Waals surface area contributed by atoms with Crippen molar-refractivity contribution in [2.45, 2.75) is 12.5 Å². The van der Waals surface area contributed by atoms with Crippen LogP contribution in [0.4, 0.5) is 8.78 Å². The first-order valence-corrected chi connectivity index (χ1v) is 6.31. The summed E-state index contributed by atoms with van der Waals surface area (Å²) in [7, 11) is 1.58. The van der Waals surface area contributed by atoms with Gasteiger partial charge in [-0.15, -0.1) is 0 Å². The van der Waals surface area contributed by atoms with Crippen LogP contribution >= 0.6 is 0 Å². The molecule has 0 spiro atoms. The van der Waals surface area contributed by atoms with Crippen molar-refractivity contribution in [3.63, 3.8) is 0 Å². The highest BCUT2D eigenvalue weighted by Crippen LogP contribution is 2.21. The van der Waals surface area contributed by atoms with Gasteiger partial charge < -0.3 is 10.2 Å². The molecule has 1 heterocycles. The number of hydrogen-bond acceptors (Lipinski definition) is 3. The zero-order valence-electron chi connectivity index (χ0n) is 11.3. The summed E-state index contributed by atoms with van der Waals surface area (Å²) in [6.07, 6.45) is 0.0619. The van der Waals surface area contributed by atoms with E-state index in [1.54, 1.807) is 13.1 Å². The third kappa shape index (κ3) is 3.16. The van der Waals surface area contributed by atoms with E-state index in [-0.39, 0.29) is 24.4 Å². The van der Waals surface area contributed by atoms with Crippen LogP contribution in [0, 0.1) is 28.9 Å². The van der Waals surface area contributed by atoms with E-state index in [0.29, 0.717) is 6.07 Å². The van der Waals surface area contributed by atoms with Gasteiger partial charge in [0.1, 0.15) is 17.7 Å². The highest BCUT2D eigenvalue weighted by Gasteiger charge is 2.33. The number of likely N-dealkylation sites (tertiary alicyclic amines) is 1. The monoisotopic (exact) mass is 293 g/mol. The molecule has 2 atom stereocenters. The molecule has 1 aromatic carbocycles. The molecular weight excluding hydrogens is 280 g/mol. The van der Waals surface area contributed by atoms with Crippen molar-refractivity contribution >= 4 is 11.8 Å². The summed E-state index contributed by atoms with van der Waals surface area (Å²) in [5, 5.41) is 11.5. The van der Waals surface area contributed by atoms with Crippen LogP contribution in [0.5, 0.6) is 0 Å². The summed E-state index contributed by atoms with van der Waals surface area (Å²) in [6, 6.07) is 3.32. The summed E-state index contributed by atoms with van der Waals surface area (Å²) in [6.45, 7) is 0.259. The lowest BCUT2D eigenvalue weighted by atomic mass is 10.0. The number of nitrogens with one attached hydrogen (secondary N) is 1. The molecule has 1 aliphatic rings. The quantitative estimate of drug-likeness (QED) is 0.907. The summed E-state index contributed by atoms with van der Waals surface area (Å²) in [4.78, 5) is 24.8. The lowest BCUT2D eigenvalue weighted by Crippen LogP contribution is -2.35. The number of carbonyl (C=O) groups is 2. The van der Waals surface area contributed by atoms with Crippen LogP contribution < -0.4 is 5.32 Å². The Morgan fingerprint density at radius 2 is 2.24 bits per heavy atom. The van der Waals surface area contributed by atoms with Gasteiger partial charge in [0.05, 0.1) is 12.0 Å². The van der Waals surface area contributed by atoms with E-state index < -0.39 is 29.5 Å². The van der Waals surface area contributed by atoms with Crippen molar-refractivity contribution in [1.29, 1.82) is 5.26 Å². The topological polar surface area (TPSA) is 73.2 Å². The predicted molar refractivity (Wildman–Crippen MR) is 68.6 cm³/mol. The molecule has 7 heteroatoms. The van der Waals surface area contributed by atoms with Gasteiger partial charge in [-0.05, 0) is 6.07 Å². The van der Waals surface area contributed by atoms with Crippen molar-refractivity contribution in [2.24, 2.45) is 5.92 Å². The van der Waals surface area contributed by atoms with Gasteiger partial charge in [-0.3, -0.25) is 9.59 Å². The van der Waals surface area contributed by atoms with E-state index in [0.717, 1.165) is 12.1 Å². The first-order chi connectivity index (χ1) is 9.92. The van der Waals surface area contributed by atoms with Crippen LogP contribution in [0.3, 0.4) is 0 Å². The molecule has 0 aliphatic carbocycles. The third-order valence-corrected chi connectivity index (χ3v) is 3.40. The van der Waals surface area contributed by atoms with E-state index in [2.05, 4.69) is 5.32 Å². The summed E-state index contributed by atoms with van der Waals surface area (Å²) in [5.74, 6) is -2.88. The Morgan fingerprint density at radius 3 is 2.76 bits per heavy atom. The van der Waals surface area contributed by atoms with Gasteiger partial charge in [0, 0.05) is 31.6 Å². The molecule has 0 bridgehead atoms. The van der Waals surface area contributed by atoms with Crippen LogP contribution in [0.1, 0.15) is 18.0 Å². The fourth-order valence-corrected chi connectivity index (χ4v) is 2.21. The molecule has 1 fully saturated rings. The molecule has 1 N–H and O–H groups in total. The van der Waals surface area contributed by atoms with Crippen molar-refractivity contribution in [3.05, 3.63) is 35.4 Å². The minimum atomic E-state index is -1.22. The normalized spacial score (nSPS) is 19.2. The van der Waals surface area contributed by atoms with Crippen LogP contribution in [0.25, 0.3) is 0 Å². The number of amides is 2. The van der Waals surface area contributed by atoms with Crippen molar-refractivity contribution in [2.75, 3.05) is 13.6 Å². The average molecular weight is 293 g/mol. The van der Waals surface area contributed by atoms with Crippen LogP contribution in [0.2, 0.25) is 0 Å². The van der Waals surface area contributed by atoms with Gasteiger partial charge >= 0.3 is 0 Å². The lowest BCUT2D eigenvalue weighted by molar-refractivity contribution is -0.128. The Labute approximate surface area is 120 Å². The van der Waals surface area contributed by atoms with Gasteiger partial charge in [-0.2, -0.15) is 5.26 Å². The summed E-state index contributed by atoms with van der Waals surface area (Å²) in [5.41, 5.74) is -0.107. The molecule has 0 radical (unpaired) electrons. The highest BCUT2D eigenvalue weighted by molar-refractivity contribution is 5.89. The number of nitriles is 1. The zero-order chi connectivity index (χ0) is 15.6. The van der Waals surface area contributed by atoms with Gasteiger partial charge in [0.2, 0.25) is 11.8 Å². The highest BCUT2D eigenvalue weighted by atomic mass is 19.1. The first kappa shape index (κ1) is 14.9. The van der Waals surface area contributed by atoms with Crippen LogP contribution in [-0.4, -0.2) is 30.3 Å². The fraction of sp³-hybridized carbons (Fsp3) is 0.357. The Bertz CT molecular complexity index is 627. The molecule has 21 heavy (non-hydrogen) atoms. The van der Waals surface area contributed by atoms with Crippen LogP contribution in [0.15, 0.2) is 18.2 Å². The second kappa shape index (κ2) is 5.87. The molecule has 2 amide bonds. The lowest BCUT2D eigenvalue weighted by Gasteiger charge is -2.16. The number of carbonyl (C=O) groups excluding carboxylic acids is 2. The Morgan fingerprint density at radius 1 is 1.52 bits per heavy atom. The minimum absolute atomic E-state index is 0.0619. The van der Waals surface area contributed by atoms with E-state index >= 15 is 0 Å². The van der Waals surface area contributed by atoms with Crippen molar-refractivity contribution < 1.29 is 18.4 Å². The maximum Gasteiger partial charge on any atom is 0.226 e. The summed E-state index contributed by atoms with van der Waals surface area (Å²) < 4.78 is 26.5. The van der Waals surface area contributed by atoms with Gasteiger partial charge in [-0.25, -0.2) is 8.78 Å². The average Bonchev–Trinajstić information content (AvgIpc) is 2.76. The minimum Gasteiger partial charge on any atom is -0.345 e. The molecule has 1 aromatic rings. The number of nitrogens with zero attached hydrogens (tertiary/aromatic N) is 2. The number of rotatable bonds is 3. The molecule has 2 rings (SSSR count). The fourth-order valence-electron chi connectivity index (χ4n) is 2.21. The molecule has 0 aromatic heterocycles. The molecule has 5 nitrogen and oxygen atoms in total. The number of benzene rings is 1.